The highest BCUT2D eigenvalue weighted by Gasteiger charge is 2.45. The van der Waals surface area contributed by atoms with Crippen LogP contribution in [0.3, 0.4) is 0 Å². The van der Waals surface area contributed by atoms with Crippen LogP contribution in [0.15, 0.2) is 18.2 Å². The normalized spacial score (nSPS) is 19.3. The lowest BCUT2D eigenvalue weighted by atomic mass is 9.92. The molecule has 3 heterocycles. The summed E-state index contributed by atoms with van der Waals surface area (Å²) in [6.07, 6.45) is 0.482. The summed E-state index contributed by atoms with van der Waals surface area (Å²) in [5, 5.41) is 0.748. The molecule has 2 aliphatic rings. The summed E-state index contributed by atoms with van der Waals surface area (Å²) < 4.78 is 25.6. The van der Waals surface area contributed by atoms with Crippen molar-refractivity contribution in [3.05, 3.63) is 35.3 Å². The Hall–Kier alpha value is -2.57. The van der Waals surface area contributed by atoms with Gasteiger partial charge in [-0.25, -0.2) is 9.18 Å². The predicted molar refractivity (Wildman–Crippen MR) is 87.9 cm³/mol. The van der Waals surface area contributed by atoms with Crippen LogP contribution in [0.2, 0.25) is 0 Å². The third-order valence-electron chi connectivity index (χ3n) is 5.33. The van der Waals surface area contributed by atoms with Gasteiger partial charge in [0, 0.05) is 43.9 Å². The molecule has 25 heavy (non-hydrogen) atoms. The van der Waals surface area contributed by atoms with Crippen LogP contribution in [0.4, 0.5) is 9.18 Å². The van der Waals surface area contributed by atoms with Gasteiger partial charge in [-0.05, 0) is 30.7 Å². The van der Waals surface area contributed by atoms with E-state index in [0.717, 1.165) is 16.5 Å². The molecule has 0 N–H and O–H groups in total. The monoisotopic (exact) mass is 346 g/mol. The van der Waals surface area contributed by atoms with E-state index in [1.54, 1.807) is 11.0 Å². The van der Waals surface area contributed by atoms with Gasteiger partial charge in [0.15, 0.2) is 5.60 Å². The molecule has 0 saturated carbocycles. The standard InChI is InChI=1S/C18H19FN2O4/c1-11-13-9-12(19)3-4-14(13)20(2)15(11)16(22)21-7-5-18(6-8-21)10-24-17(23)25-18/h3-4,9H,5-8,10H2,1-2H3. The molecule has 6 nitrogen and oxygen atoms in total. The molecule has 1 amide bonds. The molecule has 0 bridgehead atoms. The van der Waals surface area contributed by atoms with Gasteiger partial charge in [0.1, 0.15) is 18.1 Å². The van der Waals surface area contributed by atoms with Crippen LogP contribution in [0.5, 0.6) is 0 Å². The number of likely N-dealkylation sites (tertiary alicyclic amines) is 1. The lowest BCUT2D eigenvalue weighted by molar-refractivity contribution is 0.00254. The van der Waals surface area contributed by atoms with Crippen LogP contribution in [0, 0.1) is 12.7 Å². The molecule has 1 spiro atoms. The number of benzene rings is 1. The number of piperidine rings is 1. The van der Waals surface area contributed by atoms with Crippen molar-refractivity contribution in [3.63, 3.8) is 0 Å². The first-order chi connectivity index (χ1) is 11.9. The number of carbonyl (C=O) groups is 2. The van der Waals surface area contributed by atoms with Crippen molar-refractivity contribution in [2.45, 2.75) is 25.4 Å². The Balaban J connectivity index is 1.60. The van der Waals surface area contributed by atoms with Gasteiger partial charge in [0.05, 0.1) is 0 Å². The summed E-state index contributed by atoms with van der Waals surface area (Å²) in [5.74, 6) is -0.403. The van der Waals surface area contributed by atoms with E-state index in [1.807, 2.05) is 18.5 Å². The number of halogens is 1. The predicted octanol–water partition coefficient (Wildman–Crippen LogP) is 2.77. The van der Waals surface area contributed by atoms with Crippen LogP contribution in [0.1, 0.15) is 28.9 Å². The number of aromatic nitrogens is 1. The zero-order valence-corrected chi connectivity index (χ0v) is 14.2. The Morgan fingerprint density at radius 2 is 2.00 bits per heavy atom. The number of hydrogen-bond acceptors (Lipinski definition) is 4. The molecule has 0 aliphatic carbocycles. The first-order valence-electron chi connectivity index (χ1n) is 8.30. The number of amides is 1. The Labute approximate surface area is 144 Å². The topological polar surface area (TPSA) is 60.8 Å². The molecular formula is C18H19FN2O4. The van der Waals surface area contributed by atoms with Crippen LogP contribution < -0.4 is 0 Å². The number of fused-ring (bicyclic) bond motifs is 1. The summed E-state index contributed by atoms with van der Waals surface area (Å²) in [5.41, 5.74) is 1.58. The highest BCUT2D eigenvalue weighted by atomic mass is 19.1. The molecule has 0 unspecified atom stereocenters. The maximum atomic E-state index is 13.6. The summed E-state index contributed by atoms with van der Waals surface area (Å²) in [6.45, 7) is 3.07. The van der Waals surface area contributed by atoms with E-state index in [2.05, 4.69) is 0 Å². The van der Waals surface area contributed by atoms with E-state index >= 15 is 0 Å². The minimum atomic E-state index is -0.633. The van der Waals surface area contributed by atoms with Gasteiger partial charge in [0.2, 0.25) is 0 Å². The lowest BCUT2D eigenvalue weighted by Crippen LogP contribution is -2.48. The fourth-order valence-electron chi connectivity index (χ4n) is 3.84. The largest absolute Gasteiger partial charge is 0.509 e. The SMILES string of the molecule is Cc1c(C(=O)N2CCC3(CC2)COC(=O)O3)n(C)c2ccc(F)cc12. The van der Waals surface area contributed by atoms with Gasteiger partial charge >= 0.3 is 6.16 Å². The zero-order valence-electron chi connectivity index (χ0n) is 14.2. The first kappa shape index (κ1) is 15.9. The molecule has 2 aromatic rings. The number of carbonyl (C=O) groups excluding carboxylic acids is 2. The fraction of sp³-hybridized carbons (Fsp3) is 0.444. The van der Waals surface area contributed by atoms with Gasteiger partial charge in [0.25, 0.3) is 5.91 Å². The van der Waals surface area contributed by atoms with Crippen molar-refractivity contribution < 1.29 is 23.5 Å². The van der Waals surface area contributed by atoms with Gasteiger partial charge in [-0.2, -0.15) is 0 Å². The molecule has 2 aliphatic heterocycles. The van der Waals surface area contributed by atoms with E-state index in [4.69, 9.17) is 9.47 Å². The van der Waals surface area contributed by atoms with Gasteiger partial charge < -0.3 is 18.9 Å². The first-order valence-corrected chi connectivity index (χ1v) is 8.30. The minimum absolute atomic E-state index is 0.0864. The average Bonchev–Trinajstić information content (AvgIpc) is 3.06. The van der Waals surface area contributed by atoms with E-state index < -0.39 is 11.8 Å². The third-order valence-corrected chi connectivity index (χ3v) is 5.33. The van der Waals surface area contributed by atoms with Crippen LogP contribution >= 0.6 is 0 Å². The van der Waals surface area contributed by atoms with Crippen LogP contribution in [-0.4, -0.2) is 46.8 Å². The molecule has 0 radical (unpaired) electrons. The second-order valence-electron chi connectivity index (χ2n) is 6.81. The van der Waals surface area contributed by atoms with E-state index in [-0.39, 0.29) is 18.3 Å². The van der Waals surface area contributed by atoms with Crippen LogP contribution in [-0.2, 0) is 16.5 Å². The van der Waals surface area contributed by atoms with Crippen molar-refractivity contribution in [1.82, 2.24) is 9.47 Å². The Morgan fingerprint density at radius 1 is 1.28 bits per heavy atom. The molecule has 4 rings (SSSR count). The molecule has 1 aromatic heterocycles. The van der Waals surface area contributed by atoms with E-state index in [9.17, 15) is 14.0 Å². The molecule has 2 saturated heterocycles. The number of ether oxygens (including phenoxy) is 2. The van der Waals surface area contributed by atoms with Gasteiger partial charge in [-0.15, -0.1) is 0 Å². The number of hydrogen-bond donors (Lipinski definition) is 0. The minimum Gasteiger partial charge on any atom is -0.430 e. The second-order valence-corrected chi connectivity index (χ2v) is 6.81. The smallest absolute Gasteiger partial charge is 0.430 e. The molecule has 2 fully saturated rings. The van der Waals surface area contributed by atoms with Crippen molar-refractivity contribution in [2.75, 3.05) is 19.7 Å². The number of cyclic esters (lactones) is 1. The van der Waals surface area contributed by atoms with Crippen LogP contribution in [0.25, 0.3) is 10.9 Å². The number of rotatable bonds is 1. The second kappa shape index (κ2) is 5.47. The highest BCUT2D eigenvalue weighted by Crippen LogP contribution is 2.33. The Bertz CT molecular complexity index is 881. The number of aryl methyl sites for hydroxylation is 2. The van der Waals surface area contributed by atoms with Crippen molar-refractivity contribution in [1.29, 1.82) is 0 Å². The lowest BCUT2D eigenvalue weighted by Gasteiger charge is -2.36. The van der Waals surface area contributed by atoms with Gasteiger partial charge in [-0.3, -0.25) is 4.79 Å². The maximum absolute atomic E-state index is 13.6. The quantitative estimate of drug-likeness (QED) is 0.745. The molecular weight excluding hydrogens is 327 g/mol. The average molecular weight is 346 g/mol. The molecule has 7 heteroatoms. The molecule has 1 aromatic carbocycles. The Morgan fingerprint density at radius 3 is 2.64 bits per heavy atom. The van der Waals surface area contributed by atoms with E-state index in [1.165, 1.54) is 12.1 Å². The summed E-state index contributed by atoms with van der Waals surface area (Å²) >= 11 is 0. The third kappa shape index (κ3) is 2.45. The van der Waals surface area contributed by atoms with Crippen molar-refractivity contribution >= 4 is 23.0 Å². The number of nitrogens with zero attached hydrogens (tertiary/aromatic N) is 2. The zero-order chi connectivity index (χ0) is 17.8. The summed E-state index contributed by atoms with van der Waals surface area (Å²) in [7, 11) is 1.82. The summed E-state index contributed by atoms with van der Waals surface area (Å²) in [6, 6.07) is 4.55. The van der Waals surface area contributed by atoms with E-state index in [0.29, 0.717) is 31.6 Å². The molecule has 0 atom stereocenters. The Kier molecular flexibility index (Phi) is 3.49. The highest BCUT2D eigenvalue weighted by molar-refractivity contribution is 6.01. The van der Waals surface area contributed by atoms with Gasteiger partial charge in [-0.1, -0.05) is 0 Å². The summed E-state index contributed by atoms with van der Waals surface area (Å²) in [4.78, 5) is 26.0. The fourth-order valence-corrected chi connectivity index (χ4v) is 3.84. The van der Waals surface area contributed by atoms with Crippen molar-refractivity contribution in [3.8, 4) is 0 Å². The maximum Gasteiger partial charge on any atom is 0.509 e. The molecule has 132 valence electrons. The van der Waals surface area contributed by atoms with Crippen molar-refractivity contribution in [2.24, 2.45) is 7.05 Å².